The summed E-state index contributed by atoms with van der Waals surface area (Å²) in [7, 11) is 1.73. The summed E-state index contributed by atoms with van der Waals surface area (Å²) >= 11 is 1.36. The highest BCUT2D eigenvalue weighted by molar-refractivity contribution is 7.10. The number of hydrogen-bond acceptors (Lipinski definition) is 9. The Labute approximate surface area is 260 Å². The number of ketones is 1. The number of ether oxygens (including phenoxy) is 1. The van der Waals surface area contributed by atoms with Crippen molar-refractivity contribution in [3.8, 4) is 0 Å². The molecule has 0 spiro atoms. The maximum absolute atomic E-state index is 14.0. The Morgan fingerprint density at radius 2 is 1.70 bits per heavy atom. The van der Waals surface area contributed by atoms with Crippen molar-refractivity contribution in [2.24, 2.45) is 5.92 Å². The molecular formula is C32H39N5O6S. The smallest absolute Gasteiger partial charge is 0.329 e. The molecule has 2 bridgehead atoms. The third kappa shape index (κ3) is 5.89. The Kier molecular flexibility index (Phi) is 8.82. The van der Waals surface area contributed by atoms with Crippen molar-refractivity contribution < 1.29 is 28.7 Å². The molecule has 3 aliphatic heterocycles. The van der Waals surface area contributed by atoms with Crippen LogP contribution in [-0.2, 0) is 19.1 Å². The molecule has 1 aromatic heterocycles. The van der Waals surface area contributed by atoms with E-state index in [9.17, 15) is 24.0 Å². The summed E-state index contributed by atoms with van der Waals surface area (Å²) in [6.45, 7) is 2.75. The van der Waals surface area contributed by atoms with E-state index in [0.717, 1.165) is 44.9 Å². The van der Waals surface area contributed by atoms with Gasteiger partial charge >= 0.3 is 5.97 Å². The van der Waals surface area contributed by atoms with E-state index in [1.165, 1.54) is 11.3 Å². The van der Waals surface area contributed by atoms with Gasteiger partial charge in [0.2, 0.25) is 17.6 Å². The number of benzene rings is 1. The predicted octanol–water partition coefficient (Wildman–Crippen LogP) is 2.85. The topological polar surface area (TPSA) is 138 Å². The molecule has 1 aliphatic carbocycles. The Bertz CT molecular complexity index is 1440. The number of thiazole rings is 1. The van der Waals surface area contributed by atoms with Gasteiger partial charge < -0.3 is 25.2 Å². The van der Waals surface area contributed by atoms with Crippen molar-refractivity contribution >= 4 is 40.8 Å². The minimum atomic E-state index is -0.581. The first-order valence-electron chi connectivity index (χ1n) is 15.6. The second-order valence-electron chi connectivity index (χ2n) is 12.3. The molecule has 1 aromatic carbocycles. The quantitative estimate of drug-likeness (QED) is 0.322. The Balaban J connectivity index is 1.14. The number of likely N-dealkylation sites (N-methyl/N-ethyl adjacent to an activating group) is 1. The van der Waals surface area contributed by atoms with E-state index in [4.69, 9.17) is 4.74 Å². The van der Waals surface area contributed by atoms with Crippen LogP contribution in [0.4, 0.5) is 0 Å². The van der Waals surface area contributed by atoms with Crippen molar-refractivity contribution in [1.82, 2.24) is 25.4 Å². The number of aromatic nitrogens is 1. The molecule has 1 saturated carbocycles. The monoisotopic (exact) mass is 621 g/mol. The number of amides is 3. The van der Waals surface area contributed by atoms with Crippen LogP contribution in [0.3, 0.4) is 0 Å². The molecule has 3 saturated heterocycles. The second kappa shape index (κ2) is 12.8. The fourth-order valence-electron chi connectivity index (χ4n) is 6.92. The number of nitrogens with one attached hydrogen (secondary N) is 2. The third-order valence-corrected chi connectivity index (χ3v) is 10.5. The van der Waals surface area contributed by atoms with Gasteiger partial charge in [0, 0.05) is 29.5 Å². The normalized spacial score (nSPS) is 24.7. The summed E-state index contributed by atoms with van der Waals surface area (Å²) in [5.41, 5.74) is 1.10. The van der Waals surface area contributed by atoms with Crippen LogP contribution in [0.25, 0.3) is 0 Å². The molecule has 5 atom stereocenters. The average Bonchev–Trinajstić information content (AvgIpc) is 3.87. The molecule has 3 amide bonds. The van der Waals surface area contributed by atoms with E-state index in [1.807, 2.05) is 4.90 Å². The maximum Gasteiger partial charge on any atom is 0.329 e. The summed E-state index contributed by atoms with van der Waals surface area (Å²) < 4.78 is 5.18. The summed E-state index contributed by atoms with van der Waals surface area (Å²) in [5, 5.41) is 8.45. The summed E-state index contributed by atoms with van der Waals surface area (Å²) in [6, 6.07) is 4.65. The third-order valence-electron chi connectivity index (χ3n) is 9.56. The van der Waals surface area contributed by atoms with Crippen molar-refractivity contribution in [3.63, 3.8) is 0 Å². The van der Waals surface area contributed by atoms with E-state index in [0.29, 0.717) is 41.3 Å². The molecule has 11 nitrogen and oxygen atoms in total. The van der Waals surface area contributed by atoms with Crippen molar-refractivity contribution in [3.05, 3.63) is 51.5 Å². The molecule has 4 aliphatic rings. The zero-order chi connectivity index (χ0) is 31.0. The molecule has 4 fully saturated rings. The summed E-state index contributed by atoms with van der Waals surface area (Å²) in [6.07, 6.45) is 6.94. The average molecular weight is 622 g/mol. The number of carbonyl (C=O) groups is 5. The molecule has 44 heavy (non-hydrogen) atoms. The number of carbonyl (C=O) groups excluding carboxylic acids is 5. The van der Waals surface area contributed by atoms with Gasteiger partial charge in [-0.05, 0) is 57.7 Å². The predicted molar refractivity (Wildman–Crippen MR) is 162 cm³/mol. The molecule has 0 radical (unpaired) electrons. The molecule has 2 aromatic rings. The number of likely N-dealkylation sites (tertiary alicyclic amines) is 2. The highest BCUT2D eigenvalue weighted by Crippen LogP contribution is 2.37. The zero-order valence-electron chi connectivity index (χ0n) is 25.1. The van der Waals surface area contributed by atoms with Crippen LogP contribution >= 0.6 is 11.3 Å². The lowest BCUT2D eigenvalue weighted by molar-refractivity contribution is -0.149. The van der Waals surface area contributed by atoms with Crippen LogP contribution in [0, 0.1) is 5.92 Å². The van der Waals surface area contributed by atoms with E-state index >= 15 is 0 Å². The number of nitrogens with zero attached hydrogens (tertiary/aromatic N) is 3. The van der Waals surface area contributed by atoms with Crippen LogP contribution in [0.2, 0.25) is 0 Å². The molecule has 12 heteroatoms. The molecule has 2 N–H and O–H groups in total. The van der Waals surface area contributed by atoms with Crippen molar-refractivity contribution in [2.45, 2.75) is 88.6 Å². The maximum atomic E-state index is 14.0. The molecule has 4 heterocycles. The summed E-state index contributed by atoms with van der Waals surface area (Å²) in [5.74, 6) is -1.03. The van der Waals surface area contributed by atoms with Gasteiger partial charge in [0.15, 0.2) is 0 Å². The zero-order valence-corrected chi connectivity index (χ0v) is 25.9. The van der Waals surface area contributed by atoms with E-state index < -0.39 is 18.1 Å². The lowest BCUT2D eigenvalue weighted by Crippen LogP contribution is -2.55. The number of rotatable bonds is 9. The van der Waals surface area contributed by atoms with Gasteiger partial charge in [-0.1, -0.05) is 31.4 Å². The number of hydrogen-bond donors (Lipinski definition) is 2. The number of morpholine rings is 1. The van der Waals surface area contributed by atoms with Crippen LogP contribution in [0.1, 0.15) is 95.7 Å². The van der Waals surface area contributed by atoms with E-state index in [2.05, 4.69) is 15.6 Å². The highest BCUT2D eigenvalue weighted by Gasteiger charge is 2.48. The van der Waals surface area contributed by atoms with Crippen LogP contribution in [0.5, 0.6) is 0 Å². The molecule has 6 rings (SSSR count). The van der Waals surface area contributed by atoms with Crippen molar-refractivity contribution in [2.75, 3.05) is 20.1 Å². The minimum Gasteiger partial charge on any atom is -0.459 e. The van der Waals surface area contributed by atoms with Crippen LogP contribution in [-0.4, -0.2) is 88.6 Å². The molecule has 234 valence electrons. The van der Waals surface area contributed by atoms with Crippen molar-refractivity contribution in [1.29, 1.82) is 0 Å². The van der Waals surface area contributed by atoms with E-state index in [1.54, 1.807) is 48.5 Å². The molecule has 2 unspecified atom stereocenters. The standard InChI is InChI=1S/C32H39N5O6S/c1-18(33-2)28(39)35-26(19-7-4-3-5-8-19)31(41)36-14-6-9-24(36)29-34-23(17-44-29)27(38)20-10-12-21(13-11-20)30(40)37-16-22-15-25(37)32(42)43-22/h10-13,17-19,22,24-26,33H,3-9,14-16H2,1-2H3,(H,35,39)/t18-,22?,24-,25?,26-/m0/s1. The fraction of sp³-hybridized carbons (Fsp3) is 0.562. The van der Waals surface area contributed by atoms with Gasteiger partial charge in [-0.2, -0.15) is 0 Å². The lowest BCUT2D eigenvalue weighted by Gasteiger charge is -2.35. The Morgan fingerprint density at radius 1 is 0.977 bits per heavy atom. The fourth-order valence-corrected chi connectivity index (χ4v) is 7.87. The van der Waals surface area contributed by atoms with Crippen LogP contribution < -0.4 is 10.6 Å². The molecular weight excluding hydrogens is 582 g/mol. The number of fused-ring (bicyclic) bond motifs is 2. The van der Waals surface area contributed by atoms with Gasteiger partial charge in [0.1, 0.15) is 28.9 Å². The lowest BCUT2D eigenvalue weighted by atomic mass is 9.83. The van der Waals surface area contributed by atoms with Gasteiger partial charge in [-0.15, -0.1) is 11.3 Å². The van der Waals surface area contributed by atoms with Gasteiger partial charge in [0.25, 0.3) is 5.91 Å². The first-order chi connectivity index (χ1) is 21.2. The summed E-state index contributed by atoms with van der Waals surface area (Å²) in [4.78, 5) is 73.2. The highest BCUT2D eigenvalue weighted by atomic mass is 32.1. The van der Waals surface area contributed by atoms with E-state index in [-0.39, 0.29) is 47.5 Å². The SMILES string of the molecule is CN[C@@H](C)C(=O)N[C@H](C(=O)N1CCC[C@H]1c1nc(C(=O)c2ccc(C(=O)N3CC4CC3C(=O)O4)cc2)cs1)C1CCCCC1. The van der Waals surface area contributed by atoms with Gasteiger partial charge in [-0.25, -0.2) is 9.78 Å². The van der Waals surface area contributed by atoms with Gasteiger partial charge in [0.05, 0.1) is 18.6 Å². The first kappa shape index (κ1) is 30.4. The largest absolute Gasteiger partial charge is 0.459 e. The van der Waals surface area contributed by atoms with Crippen LogP contribution in [0.15, 0.2) is 29.6 Å². The van der Waals surface area contributed by atoms with Gasteiger partial charge in [-0.3, -0.25) is 19.2 Å². The Morgan fingerprint density at radius 3 is 2.39 bits per heavy atom. The first-order valence-corrected chi connectivity index (χ1v) is 16.5. The Hall–Kier alpha value is -3.64. The number of esters is 1. The second-order valence-corrected chi connectivity index (χ2v) is 13.2. The minimum absolute atomic E-state index is 0.0705.